The Hall–Kier alpha value is -1.75. The van der Waals surface area contributed by atoms with E-state index >= 15 is 0 Å². The molecule has 0 aliphatic heterocycles. The molecule has 0 aliphatic carbocycles. The highest BCUT2D eigenvalue weighted by Gasteiger charge is 2.14. The van der Waals surface area contributed by atoms with Crippen molar-refractivity contribution >= 4 is 22.2 Å². The molecule has 2 rings (SSSR count). The molecule has 0 aliphatic rings. The molecule has 0 amide bonds. The van der Waals surface area contributed by atoms with Gasteiger partial charge < -0.3 is 4.74 Å². The predicted octanol–water partition coefficient (Wildman–Crippen LogP) is 4.43. The largest absolute Gasteiger partial charge is 0.488 e. The van der Waals surface area contributed by atoms with E-state index < -0.39 is 11.6 Å². The molecule has 2 aromatic rings. The van der Waals surface area contributed by atoms with Crippen molar-refractivity contribution < 1.29 is 18.3 Å². The highest BCUT2D eigenvalue weighted by atomic mass is 79.9. The van der Waals surface area contributed by atoms with Gasteiger partial charge in [0.2, 0.25) is 0 Å². The Morgan fingerprint density at radius 3 is 2.70 bits per heavy atom. The van der Waals surface area contributed by atoms with Crippen LogP contribution in [0, 0.1) is 18.6 Å². The minimum atomic E-state index is -0.704. The molecule has 5 heteroatoms. The van der Waals surface area contributed by atoms with Crippen LogP contribution in [-0.2, 0) is 6.61 Å². The Morgan fingerprint density at radius 1 is 1.25 bits per heavy atom. The fraction of sp³-hybridized carbons (Fsp3) is 0.133. The molecule has 0 saturated carbocycles. The van der Waals surface area contributed by atoms with Crippen LogP contribution in [0.4, 0.5) is 8.78 Å². The summed E-state index contributed by atoms with van der Waals surface area (Å²) in [6, 6.07) is 7.46. The van der Waals surface area contributed by atoms with Crippen LogP contribution in [0.15, 0.2) is 34.8 Å². The maximum Gasteiger partial charge on any atom is 0.153 e. The van der Waals surface area contributed by atoms with Crippen LogP contribution < -0.4 is 4.74 Å². The maximum absolute atomic E-state index is 13.8. The van der Waals surface area contributed by atoms with Gasteiger partial charge in [0.05, 0.1) is 15.6 Å². The molecule has 104 valence electrons. The molecule has 0 bridgehead atoms. The molecule has 0 unspecified atom stereocenters. The summed E-state index contributed by atoms with van der Waals surface area (Å²) in [5.41, 5.74) is 1.07. The Kier molecular flexibility index (Phi) is 4.49. The zero-order chi connectivity index (χ0) is 14.7. The third kappa shape index (κ3) is 3.04. The van der Waals surface area contributed by atoms with Crippen molar-refractivity contribution in [2.45, 2.75) is 13.5 Å². The standard InChI is InChI=1S/C15H11BrF2O2/c1-9-2-5-14(10(6-9)7-19)20-8-11-13(17)4-3-12(16)15(11)18/h2-7H,8H2,1H3. The smallest absolute Gasteiger partial charge is 0.153 e. The van der Waals surface area contributed by atoms with Crippen molar-refractivity contribution in [2.75, 3.05) is 0 Å². The Labute approximate surface area is 123 Å². The Bertz CT molecular complexity index is 657. The van der Waals surface area contributed by atoms with Gasteiger partial charge in [0.1, 0.15) is 24.0 Å². The van der Waals surface area contributed by atoms with Crippen LogP contribution in [-0.4, -0.2) is 6.29 Å². The van der Waals surface area contributed by atoms with E-state index in [-0.39, 0.29) is 16.6 Å². The number of rotatable bonds is 4. The topological polar surface area (TPSA) is 26.3 Å². The summed E-state index contributed by atoms with van der Waals surface area (Å²) in [7, 11) is 0. The molecule has 0 spiro atoms. The monoisotopic (exact) mass is 340 g/mol. The van der Waals surface area contributed by atoms with Crippen LogP contribution in [0.25, 0.3) is 0 Å². The van der Waals surface area contributed by atoms with Crippen molar-refractivity contribution in [3.8, 4) is 5.75 Å². The first-order valence-electron chi connectivity index (χ1n) is 5.84. The summed E-state index contributed by atoms with van der Waals surface area (Å²) >= 11 is 2.99. The molecule has 20 heavy (non-hydrogen) atoms. The van der Waals surface area contributed by atoms with Crippen LogP contribution in [0.1, 0.15) is 21.5 Å². The van der Waals surface area contributed by atoms with Crippen LogP contribution >= 0.6 is 15.9 Å². The summed E-state index contributed by atoms with van der Waals surface area (Å²) < 4.78 is 32.9. The molecule has 0 fully saturated rings. The summed E-state index contributed by atoms with van der Waals surface area (Å²) in [5.74, 6) is -1.10. The van der Waals surface area contributed by atoms with Crippen molar-refractivity contribution in [3.05, 3.63) is 63.1 Å². The van der Waals surface area contributed by atoms with Gasteiger partial charge in [-0.1, -0.05) is 11.6 Å². The maximum atomic E-state index is 13.8. The minimum absolute atomic E-state index is 0.164. The number of carbonyl (C=O) groups excluding carboxylic acids is 1. The lowest BCUT2D eigenvalue weighted by atomic mass is 10.1. The normalized spacial score (nSPS) is 10.4. The van der Waals surface area contributed by atoms with E-state index in [4.69, 9.17) is 4.74 Å². The number of ether oxygens (including phenoxy) is 1. The van der Waals surface area contributed by atoms with Gasteiger partial charge in [-0.3, -0.25) is 4.79 Å². The van der Waals surface area contributed by atoms with Gasteiger partial charge in [-0.15, -0.1) is 0 Å². The van der Waals surface area contributed by atoms with Crippen molar-refractivity contribution in [3.63, 3.8) is 0 Å². The average Bonchev–Trinajstić information content (AvgIpc) is 2.44. The van der Waals surface area contributed by atoms with Gasteiger partial charge in [0.25, 0.3) is 0 Å². The third-order valence-corrected chi connectivity index (χ3v) is 3.42. The third-order valence-electron chi connectivity index (χ3n) is 2.80. The summed E-state index contributed by atoms with van der Waals surface area (Å²) in [6.45, 7) is 1.55. The molecule has 2 nitrogen and oxygen atoms in total. The number of carbonyl (C=O) groups is 1. The number of hydrogen-bond acceptors (Lipinski definition) is 2. The van der Waals surface area contributed by atoms with Crippen LogP contribution in [0.2, 0.25) is 0 Å². The highest BCUT2D eigenvalue weighted by Crippen LogP contribution is 2.24. The molecular weight excluding hydrogens is 330 g/mol. The second kappa shape index (κ2) is 6.13. The first-order chi connectivity index (χ1) is 9.52. The SMILES string of the molecule is Cc1ccc(OCc2c(F)ccc(Br)c2F)c(C=O)c1. The summed E-state index contributed by atoms with van der Waals surface area (Å²) in [4.78, 5) is 10.9. The number of aryl methyl sites for hydroxylation is 1. The first-order valence-corrected chi connectivity index (χ1v) is 6.63. The molecule has 0 heterocycles. The van der Waals surface area contributed by atoms with E-state index in [1.807, 2.05) is 6.92 Å². The zero-order valence-corrected chi connectivity index (χ0v) is 12.2. The van der Waals surface area contributed by atoms with Crippen LogP contribution in [0.5, 0.6) is 5.75 Å². The Balaban J connectivity index is 2.25. The number of benzene rings is 2. The van der Waals surface area contributed by atoms with E-state index in [1.54, 1.807) is 18.2 Å². The Morgan fingerprint density at radius 2 is 2.00 bits per heavy atom. The molecular formula is C15H11BrF2O2. The fourth-order valence-electron chi connectivity index (χ4n) is 1.74. The highest BCUT2D eigenvalue weighted by molar-refractivity contribution is 9.10. The zero-order valence-electron chi connectivity index (χ0n) is 10.6. The minimum Gasteiger partial charge on any atom is -0.488 e. The molecule has 2 aromatic carbocycles. The molecule has 0 N–H and O–H groups in total. The second-order valence-corrected chi connectivity index (χ2v) is 5.12. The van der Waals surface area contributed by atoms with E-state index in [0.717, 1.165) is 11.6 Å². The van der Waals surface area contributed by atoms with Gasteiger partial charge in [0.15, 0.2) is 6.29 Å². The van der Waals surface area contributed by atoms with Gasteiger partial charge in [-0.05, 0) is 47.1 Å². The fourth-order valence-corrected chi connectivity index (χ4v) is 2.11. The van der Waals surface area contributed by atoms with E-state index in [1.165, 1.54) is 6.07 Å². The average molecular weight is 341 g/mol. The van der Waals surface area contributed by atoms with E-state index in [9.17, 15) is 13.6 Å². The lowest BCUT2D eigenvalue weighted by molar-refractivity contribution is 0.111. The lowest BCUT2D eigenvalue weighted by Gasteiger charge is -2.11. The van der Waals surface area contributed by atoms with E-state index in [2.05, 4.69) is 15.9 Å². The van der Waals surface area contributed by atoms with Gasteiger partial charge >= 0.3 is 0 Å². The van der Waals surface area contributed by atoms with Crippen molar-refractivity contribution in [1.82, 2.24) is 0 Å². The number of aldehydes is 1. The van der Waals surface area contributed by atoms with E-state index in [0.29, 0.717) is 17.6 Å². The molecule has 0 atom stereocenters. The predicted molar refractivity (Wildman–Crippen MR) is 75.0 cm³/mol. The quantitative estimate of drug-likeness (QED) is 0.608. The van der Waals surface area contributed by atoms with Crippen molar-refractivity contribution in [2.24, 2.45) is 0 Å². The van der Waals surface area contributed by atoms with Gasteiger partial charge in [-0.25, -0.2) is 8.78 Å². The number of hydrogen-bond donors (Lipinski definition) is 0. The summed E-state index contributed by atoms with van der Waals surface area (Å²) in [6.07, 6.45) is 0.649. The molecule has 0 aromatic heterocycles. The van der Waals surface area contributed by atoms with Gasteiger partial charge in [0, 0.05) is 0 Å². The van der Waals surface area contributed by atoms with Crippen molar-refractivity contribution in [1.29, 1.82) is 0 Å². The second-order valence-electron chi connectivity index (χ2n) is 4.27. The molecule has 0 saturated heterocycles. The number of halogens is 3. The van der Waals surface area contributed by atoms with Gasteiger partial charge in [-0.2, -0.15) is 0 Å². The summed E-state index contributed by atoms with van der Waals surface area (Å²) in [5, 5.41) is 0. The first kappa shape index (κ1) is 14.7. The molecule has 0 radical (unpaired) electrons. The van der Waals surface area contributed by atoms with Crippen LogP contribution in [0.3, 0.4) is 0 Å². The lowest BCUT2D eigenvalue weighted by Crippen LogP contribution is -2.04.